The van der Waals surface area contributed by atoms with E-state index in [2.05, 4.69) is 62.7 Å². The Bertz CT molecular complexity index is 148. The summed E-state index contributed by atoms with van der Waals surface area (Å²) in [7, 11) is -2.27. The van der Waals surface area contributed by atoms with Crippen molar-refractivity contribution in [2.24, 2.45) is 0 Å². The zero-order valence-corrected chi connectivity index (χ0v) is 11.6. The summed E-state index contributed by atoms with van der Waals surface area (Å²) in [5.41, 5.74) is 0. The van der Waals surface area contributed by atoms with E-state index in [-0.39, 0.29) is 0 Å². The van der Waals surface area contributed by atoms with Crippen LogP contribution in [0.3, 0.4) is 0 Å². The average Bonchev–Trinajstić information content (AvgIpc) is 1.77. The van der Waals surface area contributed by atoms with E-state index >= 15 is 0 Å². The monoisotopic (exact) mass is 201 g/mol. The molecule has 0 radical (unpaired) electrons. The Morgan fingerprint density at radius 1 is 0.833 bits per heavy atom. The average molecular weight is 201 g/mol. The van der Waals surface area contributed by atoms with Crippen molar-refractivity contribution >= 4 is 16.5 Å². The second-order valence-electron chi connectivity index (χ2n) is 5.19. The molecule has 3 heteroatoms. The number of hydrogen-bond donors (Lipinski definition) is 0. The van der Waals surface area contributed by atoms with Gasteiger partial charge in [-0.05, 0) is 13.1 Å². The third-order valence-corrected chi connectivity index (χ3v) is 8.96. The van der Waals surface area contributed by atoms with E-state index < -0.39 is 16.5 Å². The molecule has 0 saturated carbocycles. The minimum absolute atomic E-state index is 1.13. The van der Waals surface area contributed by atoms with Crippen LogP contribution >= 0.6 is 0 Å². The first-order chi connectivity index (χ1) is 5.19. The van der Waals surface area contributed by atoms with Crippen LogP contribution in [-0.4, -0.2) is 20.7 Å². The first kappa shape index (κ1) is 12.0. The lowest BCUT2D eigenvalue weighted by molar-refractivity contribution is 0.829. The summed E-state index contributed by atoms with van der Waals surface area (Å²) in [5.74, 6) is 0. The molecule has 0 saturated heterocycles. The van der Waals surface area contributed by atoms with Crippen LogP contribution in [-0.2, 0) is 0 Å². The zero-order valence-electron chi connectivity index (χ0n) is 9.60. The molecule has 0 unspecified atom stereocenters. The highest BCUT2D eigenvalue weighted by Gasteiger charge is 2.31. The third-order valence-electron chi connectivity index (χ3n) is 1.74. The van der Waals surface area contributed by atoms with Gasteiger partial charge in [0.1, 0.15) is 16.5 Å². The molecule has 0 fully saturated rings. The van der Waals surface area contributed by atoms with E-state index in [0.29, 0.717) is 0 Å². The van der Waals surface area contributed by atoms with Crippen molar-refractivity contribution in [1.82, 2.24) is 4.23 Å². The highest BCUT2D eigenvalue weighted by molar-refractivity contribution is 6.89. The van der Waals surface area contributed by atoms with Crippen LogP contribution in [0.2, 0.25) is 39.3 Å². The van der Waals surface area contributed by atoms with Gasteiger partial charge in [0.05, 0.1) is 0 Å². The second kappa shape index (κ2) is 3.79. The maximum absolute atomic E-state index is 2.65. The van der Waals surface area contributed by atoms with Crippen LogP contribution in [0, 0.1) is 0 Å². The summed E-state index contributed by atoms with van der Waals surface area (Å²) in [6.07, 6.45) is 4.45. The van der Waals surface area contributed by atoms with Crippen molar-refractivity contribution in [3.63, 3.8) is 0 Å². The van der Waals surface area contributed by atoms with E-state index in [9.17, 15) is 0 Å². The SMILES string of the molecule is CC=CN([Si](C)(C)C)[Si](C)(C)C. The molecule has 0 spiro atoms. The van der Waals surface area contributed by atoms with Crippen molar-refractivity contribution in [1.29, 1.82) is 0 Å². The van der Waals surface area contributed by atoms with Gasteiger partial charge in [-0.25, -0.2) is 0 Å². The van der Waals surface area contributed by atoms with Gasteiger partial charge in [0.15, 0.2) is 0 Å². The Labute approximate surface area is 79.7 Å². The van der Waals surface area contributed by atoms with Crippen molar-refractivity contribution in [3.05, 3.63) is 12.3 Å². The van der Waals surface area contributed by atoms with Crippen LogP contribution in [0.1, 0.15) is 6.92 Å². The van der Waals surface area contributed by atoms with Crippen LogP contribution in [0.4, 0.5) is 0 Å². The van der Waals surface area contributed by atoms with Crippen LogP contribution in [0.15, 0.2) is 12.3 Å². The molecule has 0 aromatic carbocycles. The summed E-state index contributed by atoms with van der Waals surface area (Å²) in [6, 6.07) is 0. The van der Waals surface area contributed by atoms with E-state index in [4.69, 9.17) is 0 Å². The van der Waals surface area contributed by atoms with Gasteiger partial charge in [-0.3, -0.25) is 0 Å². The van der Waals surface area contributed by atoms with Crippen molar-refractivity contribution in [3.8, 4) is 0 Å². The molecule has 72 valence electrons. The van der Waals surface area contributed by atoms with Crippen LogP contribution in [0.25, 0.3) is 0 Å². The molecule has 0 aliphatic heterocycles. The Morgan fingerprint density at radius 3 is 1.25 bits per heavy atom. The smallest absolute Gasteiger partial charge is 0.138 e. The fraction of sp³-hybridized carbons (Fsp3) is 0.778. The number of nitrogens with zero attached hydrogens (tertiary/aromatic N) is 1. The van der Waals surface area contributed by atoms with Gasteiger partial charge in [0, 0.05) is 0 Å². The molecular weight excluding hydrogens is 178 g/mol. The van der Waals surface area contributed by atoms with Gasteiger partial charge < -0.3 is 4.23 Å². The predicted molar refractivity (Wildman–Crippen MR) is 63.3 cm³/mol. The molecule has 0 aromatic rings. The first-order valence-electron chi connectivity index (χ1n) is 4.62. The van der Waals surface area contributed by atoms with Gasteiger partial charge in [0.2, 0.25) is 0 Å². The lowest BCUT2D eigenvalue weighted by Crippen LogP contribution is -2.55. The summed E-state index contributed by atoms with van der Waals surface area (Å²) in [4.78, 5) is 0. The van der Waals surface area contributed by atoms with Gasteiger partial charge in [-0.15, -0.1) is 0 Å². The molecule has 0 heterocycles. The fourth-order valence-corrected chi connectivity index (χ4v) is 10.8. The fourth-order valence-electron chi connectivity index (χ4n) is 1.60. The molecule has 0 bridgehead atoms. The van der Waals surface area contributed by atoms with E-state index in [1.54, 1.807) is 0 Å². The molecule has 0 aliphatic rings. The van der Waals surface area contributed by atoms with Crippen molar-refractivity contribution < 1.29 is 0 Å². The summed E-state index contributed by atoms with van der Waals surface area (Å²) in [6.45, 7) is 16.6. The Balaban J connectivity index is 4.69. The molecule has 0 amide bonds. The summed E-state index contributed by atoms with van der Waals surface area (Å²) in [5, 5.41) is 0. The second-order valence-corrected chi connectivity index (χ2v) is 15.3. The molecule has 0 aliphatic carbocycles. The molecule has 0 atom stereocenters. The minimum atomic E-state index is -1.13. The number of hydrogen-bond acceptors (Lipinski definition) is 1. The van der Waals surface area contributed by atoms with Gasteiger partial charge in [-0.2, -0.15) is 0 Å². The maximum Gasteiger partial charge on any atom is 0.138 e. The molecule has 0 N–H and O–H groups in total. The van der Waals surface area contributed by atoms with Gasteiger partial charge >= 0.3 is 0 Å². The third kappa shape index (κ3) is 3.58. The summed E-state index contributed by atoms with van der Waals surface area (Å²) >= 11 is 0. The Hall–Kier alpha value is -0.0262. The standard InChI is InChI=1S/C9H23NSi2/c1-8-9-10(11(2,3)4)12(5,6)7/h8-9H,1-7H3. The number of allylic oxidation sites excluding steroid dienone is 1. The minimum Gasteiger partial charge on any atom is -0.431 e. The Morgan fingerprint density at radius 2 is 1.17 bits per heavy atom. The Kier molecular flexibility index (Phi) is 3.78. The van der Waals surface area contributed by atoms with E-state index in [1.807, 2.05) is 0 Å². The normalized spacial score (nSPS) is 13.9. The topological polar surface area (TPSA) is 3.24 Å². The van der Waals surface area contributed by atoms with Gasteiger partial charge in [-0.1, -0.05) is 45.4 Å². The molecule has 12 heavy (non-hydrogen) atoms. The molecule has 1 nitrogen and oxygen atoms in total. The maximum atomic E-state index is 2.65. The highest BCUT2D eigenvalue weighted by atomic mass is 28.4. The molecular formula is C9H23NSi2. The molecule has 0 aromatic heterocycles. The lowest BCUT2D eigenvalue weighted by atomic mass is 10.7. The van der Waals surface area contributed by atoms with Gasteiger partial charge in [0.25, 0.3) is 0 Å². The first-order valence-corrected chi connectivity index (χ1v) is 11.5. The van der Waals surface area contributed by atoms with E-state index in [1.165, 1.54) is 0 Å². The van der Waals surface area contributed by atoms with Crippen LogP contribution in [0.5, 0.6) is 0 Å². The molecule has 0 rings (SSSR count). The lowest BCUT2D eigenvalue weighted by Gasteiger charge is -2.43. The zero-order chi connectivity index (χ0) is 9.99. The van der Waals surface area contributed by atoms with Crippen LogP contribution < -0.4 is 0 Å². The van der Waals surface area contributed by atoms with E-state index in [0.717, 1.165) is 0 Å². The highest BCUT2D eigenvalue weighted by Crippen LogP contribution is 2.19. The summed E-state index contributed by atoms with van der Waals surface area (Å²) < 4.78 is 2.65. The van der Waals surface area contributed by atoms with Crippen molar-refractivity contribution in [2.75, 3.05) is 0 Å². The quantitative estimate of drug-likeness (QED) is 0.632. The predicted octanol–water partition coefficient (Wildman–Crippen LogP) is 3.49. The van der Waals surface area contributed by atoms with Crippen molar-refractivity contribution in [2.45, 2.75) is 46.2 Å². The number of rotatable bonds is 3. The largest absolute Gasteiger partial charge is 0.431 e.